The molecule has 1 unspecified atom stereocenters. The molecule has 0 N–H and O–H groups in total. The van der Waals surface area contributed by atoms with Crippen molar-refractivity contribution in [1.29, 1.82) is 0 Å². The van der Waals surface area contributed by atoms with E-state index < -0.39 is 0 Å². The van der Waals surface area contributed by atoms with Gasteiger partial charge in [0.15, 0.2) is 17.3 Å². The van der Waals surface area contributed by atoms with Gasteiger partial charge < -0.3 is 33.0 Å². The van der Waals surface area contributed by atoms with Gasteiger partial charge in [0, 0.05) is 31.0 Å². The lowest BCUT2D eigenvalue weighted by atomic mass is 9.90. The molecule has 256 valence electrons. The van der Waals surface area contributed by atoms with Gasteiger partial charge in [-0.2, -0.15) is 0 Å². The second-order valence-corrected chi connectivity index (χ2v) is 12.6. The molecule has 49 heavy (non-hydrogen) atoms. The van der Waals surface area contributed by atoms with Crippen LogP contribution in [0.4, 0.5) is 0 Å². The standard InChI is InChI=1S/C39H44N4O6/c1-41(39(45)30-23-34(46-2)37(48-4)35(24-30)47-3)25-29(27-11-6-5-7-12-27)18-21-42-19-16-28(17-20-42)36(44)38-40-32-14-8-9-15-33(32)43(38)26-31-13-10-22-49-31/h5-15,22-24,28-29H,16-21,25-26H2,1-4H3. The van der Waals surface area contributed by atoms with Crippen molar-refractivity contribution in [1.82, 2.24) is 19.4 Å². The minimum atomic E-state index is -0.127. The first-order chi connectivity index (χ1) is 23.9. The van der Waals surface area contributed by atoms with E-state index >= 15 is 0 Å². The van der Waals surface area contributed by atoms with E-state index in [-0.39, 0.29) is 23.5 Å². The van der Waals surface area contributed by atoms with E-state index in [2.05, 4.69) is 17.0 Å². The molecule has 1 aliphatic heterocycles. The molecule has 2 aromatic heterocycles. The van der Waals surface area contributed by atoms with Crippen LogP contribution in [0.3, 0.4) is 0 Å². The number of furan rings is 1. The molecule has 3 heterocycles. The second kappa shape index (κ2) is 15.4. The smallest absolute Gasteiger partial charge is 0.253 e. The van der Waals surface area contributed by atoms with Gasteiger partial charge in [-0.1, -0.05) is 42.5 Å². The van der Waals surface area contributed by atoms with E-state index in [0.29, 0.717) is 41.7 Å². The molecule has 0 bridgehead atoms. The summed E-state index contributed by atoms with van der Waals surface area (Å²) >= 11 is 0. The molecule has 1 saturated heterocycles. The second-order valence-electron chi connectivity index (χ2n) is 12.6. The number of aromatic nitrogens is 2. The van der Waals surface area contributed by atoms with Crippen LogP contribution in [0.2, 0.25) is 0 Å². The Hall–Kier alpha value is -5.09. The number of fused-ring (bicyclic) bond motifs is 1. The number of Topliss-reactive ketones (excluding diaryl/α,β-unsaturated/α-hetero) is 1. The summed E-state index contributed by atoms with van der Waals surface area (Å²) in [4.78, 5) is 36.5. The summed E-state index contributed by atoms with van der Waals surface area (Å²) in [6, 6.07) is 25.4. The van der Waals surface area contributed by atoms with Crippen LogP contribution < -0.4 is 14.2 Å². The first kappa shape index (κ1) is 33.8. The third-order valence-electron chi connectivity index (χ3n) is 9.54. The lowest BCUT2D eigenvalue weighted by Crippen LogP contribution is -2.38. The Morgan fingerprint density at radius 3 is 2.27 bits per heavy atom. The monoisotopic (exact) mass is 664 g/mol. The molecular formula is C39H44N4O6. The van der Waals surface area contributed by atoms with Crippen molar-refractivity contribution in [2.45, 2.75) is 31.7 Å². The predicted octanol–water partition coefficient (Wildman–Crippen LogP) is 6.54. The normalized spacial score (nSPS) is 14.4. The predicted molar refractivity (Wildman–Crippen MR) is 188 cm³/mol. The molecule has 0 radical (unpaired) electrons. The SMILES string of the molecule is COc1cc(C(=O)N(C)CC(CCN2CCC(C(=O)c3nc4ccccc4n3Cc3ccco3)CC2)c2ccccc2)cc(OC)c1OC. The van der Waals surface area contributed by atoms with E-state index in [0.717, 1.165) is 55.7 Å². The van der Waals surface area contributed by atoms with Gasteiger partial charge >= 0.3 is 0 Å². The van der Waals surface area contributed by atoms with E-state index in [1.165, 1.54) is 5.56 Å². The molecule has 1 atom stereocenters. The van der Waals surface area contributed by atoms with Gasteiger partial charge in [0.05, 0.1) is 45.2 Å². The van der Waals surface area contributed by atoms with E-state index in [1.54, 1.807) is 44.6 Å². The van der Waals surface area contributed by atoms with Crippen LogP contribution in [0, 0.1) is 5.92 Å². The number of para-hydroxylation sites is 2. The highest BCUT2D eigenvalue weighted by Gasteiger charge is 2.30. The molecule has 0 saturated carbocycles. The minimum Gasteiger partial charge on any atom is -0.493 e. The molecule has 5 aromatic rings. The molecule has 0 aliphatic carbocycles. The summed E-state index contributed by atoms with van der Waals surface area (Å²) in [6.45, 7) is 3.53. The number of rotatable bonds is 14. The van der Waals surface area contributed by atoms with Crippen molar-refractivity contribution in [3.63, 3.8) is 0 Å². The maximum Gasteiger partial charge on any atom is 0.253 e. The lowest BCUT2D eigenvalue weighted by molar-refractivity contribution is 0.0778. The van der Waals surface area contributed by atoms with Gasteiger partial charge in [0.1, 0.15) is 5.76 Å². The van der Waals surface area contributed by atoms with Gasteiger partial charge in [0.25, 0.3) is 5.91 Å². The van der Waals surface area contributed by atoms with Gasteiger partial charge in [-0.15, -0.1) is 0 Å². The van der Waals surface area contributed by atoms with E-state index in [9.17, 15) is 9.59 Å². The molecule has 6 rings (SSSR count). The number of hydrogen-bond acceptors (Lipinski definition) is 8. The number of amides is 1. The Morgan fingerprint density at radius 2 is 1.61 bits per heavy atom. The van der Waals surface area contributed by atoms with Crippen LogP contribution in [-0.2, 0) is 6.54 Å². The summed E-state index contributed by atoms with van der Waals surface area (Å²) in [7, 11) is 6.45. The van der Waals surface area contributed by atoms with E-state index in [1.807, 2.05) is 66.2 Å². The number of benzene rings is 3. The summed E-state index contributed by atoms with van der Waals surface area (Å²) < 4.78 is 24.0. The lowest BCUT2D eigenvalue weighted by Gasteiger charge is -2.33. The van der Waals surface area contributed by atoms with Gasteiger partial charge in [-0.05, 0) is 80.9 Å². The highest BCUT2D eigenvalue weighted by molar-refractivity contribution is 5.98. The van der Waals surface area contributed by atoms with Crippen molar-refractivity contribution in [3.8, 4) is 17.2 Å². The first-order valence-electron chi connectivity index (χ1n) is 16.7. The van der Waals surface area contributed by atoms with Gasteiger partial charge in [0.2, 0.25) is 11.5 Å². The highest BCUT2D eigenvalue weighted by Crippen LogP contribution is 2.38. The highest BCUT2D eigenvalue weighted by atomic mass is 16.5. The first-order valence-corrected chi connectivity index (χ1v) is 16.7. The molecule has 1 amide bonds. The van der Waals surface area contributed by atoms with Gasteiger partial charge in [-0.25, -0.2) is 4.98 Å². The molecule has 1 aliphatic rings. The van der Waals surface area contributed by atoms with Crippen molar-refractivity contribution < 1.29 is 28.2 Å². The third-order valence-corrected chi connectivity index (χ3v) is 9.54. The number of nitrogens with zero attached hydrogens (tertiary/aromatic N) is 4. The average Bonchev–Trinajstić information content (AvgIpc) is 3.80. The number of carbonyl (C=O) groups is 2. The Balaban J connectivity index is 1.10. The van der Waals surface area contributed by atoms with Crippen molar-refractivity contribution in [2.75, 3.05) is 54.6 Å². The summed E-state index contributed by atoms with van der Waals surface area (Å²) in [6.07, 6.45) is 4.07. The Morgan fingerprint density at radius 1 is 0.918 bits per heavy atom. The average molecular weight is 665 g/mol. The summed E-state index contributed by atoms with van der Waals surface area (Å²) in [5, 5.41) is 0. The van der Waals surface area contributed by atoms with Crippen LogP contribution in [0.1, 0.15) is 57.5 Å². The van der Waals surface area contributed by atoms with Crippen LogP contribution in [0.15, 0.2) is 89.5 Å². The zero-order valence-electron chi connectivity index (χ0n) is 28.6. The summed E-state index contributed by atoms with van der Waals surface area (Å²) in [5.74, 6) is 2.62. The van der Waals surface area contributed by atoms with E-state index in [4.69, 9.17) is 23.6 Å². The van der Waals surface area contributed by atoms with Crippen LogP contribution in [0.25, 0.3) is 11.0 Å². The molecule has 3 aromatic carbocycles. The molecule has 10 heteroatoms. The molecule has 1 fully saturated rings. The largest absolute Gasteiger partial charge is 0.493 e. The van der Waals surface area contributed by atoms with Gasteiger partial charge in [-0.3, -0.25) is 9.59 Å². The fourth-order valence-electron chi connectivity index (χ4n) is 6.85. The number of ketones is 1. The molecular weight excluding hydrogens is 620 g/mol. The number of imidazole rings is 1. The number of hydrogen-bond donors (Lipinski definition) is 0. The van der Waals surface area contributed by atoms with Crippen molar-refractivity contribution in [2.24, 2.45) is 5.92 Å². The Bertz CT molecular complexity index is 1840. The Labute approximate surface area is 287 Å². The quantitative estimate of drug-likeness (QED) is 0.123. The van der Waals surface area contributed by atoms with Crippen LogP contribution in [0.5, 0.6) is 17.2 Å². The number of ether oxygens (including phenoxy) is 3. The van der Waals surface area contributed by atoms with Crippen LogP contribution >= 0.6 is 0 Å². The maximum absolute atomic E-state index is 13.9. The molecule has 0 spiro atoms. The number of piperidine rings is 1. The zero-order chi connectivity index (χ0) is 34.3. The number of likely N-dealkylation sites (tertiary alicyclic amines) is 1. The minimum absolute atomic E-state index is 0.0874. The molecule has 10 nitrogen and oxygen atoms in total. The van der Waals surface area contributed by atoms with Crippen molar-refractivity contribution in [3.05, 3.63) is 108 Å². The van der Waals surface area contributed by atoms with Crippen LogP contribution in [-0.4, -0.2) is 85.6 Å². The fourth-order valence-corrected chi connectivity index (χ4v) is 6.85. The summed E-state index contributed by atoms with van der Waals surface area (Å²) in [5.41, 5.74) is 3.40. The maximum atomic E-state index is 13.9. The third kappa shape index (κ3) is 7.49. The number of likely N-dealkylation sites (N-methyl/N-ethyl adjacent to an activating group) is 1. The number of carbonyl (C=O) groups excluding carboxylic acids is 2. The zero-order valence-corrected chi connectivity index (χ0v) is 28.6. The fraction of sp³-hybridized carbons (Fsp3) is 0.359. The topological polar surface area (TPSA) is 99.3 Å². The number of methoxy groups -OCH3 is 3. The Kier molecular flexibility index (Phi) is 10.6. The van der Waals surface area contributed by atoms with Crippen molar-refractivity contribution >= 4 is 22.7 Å².